The van der Waals surface area contributed by atoms with Crippen molar-refractivity contribution in [3.05, 3.63) is 300 Å². The molecule has 0 bridgehead atoms. The predicted octanol–water partition coefficient (Wildman–Crippen LogP) is 18.1. The molecule has 0 radical (unpaired) electrons. The Morgan fingerprint density at radius 3 is 1.40 bits per heavy atom. The van der Waals surface area contributed by atoms with Gasteiger partial charge in [0.2, 0.25) is 0 Å². The van der Waals surface area contributed by atoms with Crippen LogP contribution in [0, 0.1) is 0 Å². The molecule has 0 N–H and O–H groups in total. The first kappa shape index (κ1) is 41.5. The highest BCUT2D eigenvalue weighted by Crippen LogP contribution is 2.62. The number of para-hydroxylation sites is 2. The zero-order valence-electron chi connectivity index (χ0n) is 39.3. The minimum absolute atomic E-state index is 0.148. The molecule has 0 saturated carbocycles. The number of fused-ring (bicyclic) bond motifs is 7. The smallest absolute Gasteiger partial charge is 0.0715 e. The zero-order chi connectivity index (χ0) is 46.8. The van der Waals surface area contributed by atoms with Gasteiger partial charge in [-0.05, 0) is 133 Å². The molecule has 2 aliphatic carbocycles. The Balaban J connectivity index is 1.11. The molecule has 0 atom stereocenters. The lowest BCUT2D eigenvalue weighted by Gasteiger charge is -2.36. The van der Waals surface area contributed by atoms with Crippen molar-refractivity contribution in [2.45, 2.75) is 24.7 Å². The van der Waals surface area contributed by atoms with Crippen molar-refractivity contribution < 1.29 is 0 Å². The van der Waals surface area contributed by atoms with Gasteiger partial charge in [-0.1, -0.05) is 214 Å². The van der Waals surface area contributed by atoms with Crippen LogP contribution in [0.15, 0.2) is 267 Å². The molecule has 0 spiro atoms. The van der Waals surface area contributed by atoms with E-state index in [1.807, 2.05) is 0 Å². The molecule has 0 heterocycles. The largest absolute Gasteiger partial charge is 0.310 e. The lowest BCUT2D eigenvalue weighted by molar-refractivity contribution is 0.660. The van der Waals surface area contributed by atoms with Gasteiger partial charge in [0.1, 0.15) is 0 Å². The van der Waals surface area contributed by atoms with Gasteiger partial charge in [0, 0.05) is 44.8 Å². The normalized spacial score (nSPS) is 13.5. The minimum atomic E-state index is -0.689. The van der Waals surface area contributed by atoms with Crippen molar-refractivity contribution in [3.8, 4) is 33.4 Å². The van der Waals surface area contributed by atoms with Crippen LogP contribution in [-0.4, -0.2) is 0 Å². The van der Waals surface area contributed by atoms with E-state index in [9.17, 15) is 0 Å². The summed E-state index contributed by atoms with van der Waals surface area (Å²) >= 11 is 0. The van der Waals surface area contributed by atoms with Crippen molar-refractivity contribution in [1.82, 2.24) is 0 Å². The third-order valence-electron chi connectivity index (χ3n) is 15.1. The van der Waals surface area contributed by atoms with E-state index >= 15 is 0 Å². The Morgan fingerprint density at radius 1 is 0.300 bits per heavy atom. The van der Waals surface area contributed by atoms with Crippen LogP contribution in [0.2, 0.25) is 0 Å². The van der Waals surface area contributed by atoms with Crippen LogP contribution in [0.25, 0.3) is 44.2 Å². The van der Waals surface area contributed by atoms with E-state index in [0.717, 1.165) is 34.1 Å². The van der Waals surface area contributed by atoms with Gasteiger partial charge in [-0.25, -0.2) is 0 Å². The fourth-order valence-corrected chi connectivity index (χ4v) is 11.9. The van der Waals surface area contributed by atoms with Crippen LogP contribution in [0.5, 0.6) is 0 Å². The maximum atomic E-state index is 2.51. The third-order valence-corrected chi connectivity index (χ3v) is 15.1. The second-order valence-corrected chi connectivity index (χ2v) is 19.2. The highest BCUT2D eigenvalue weighted by Gasteiger charge is 2.48. The quantitative estimate of drug-likeness (QED) is 0.142. The molecule has 0 unspecified atom stereocenters. The average Bonchev–Trinajstić information content (AvgIpc) is 3.84. The number of anilines is 6. The lowest BCUT2D eigenvalue weighted by Crippen LogP contribution is -2.29. The molecule has 2 nitrogen and oxygen atoms in total. The van der Waals surface area contributed by atoms with Gasteiger partial charge < -0.3 is 9.80 Å². The molecule has 0 saturated heterocycles. The second kappa shape index (κ2) is 16.5. The molecule has 13 rings (SSSR count). The molecule has 0 amide bonds. The van der Waals surface area contributed by atoms with Gasteiger partial charge in [-0.2, -0.15) is 0 Å². The fourth-order valence-electron chi connectivity index (χ4n) is 11.9. The monoisotopic (exact) mass is 894 g/mol. The highest BCUT2D eigenvalue weighted by atomic mass is 15.2. The summed E-state index contributed by atoms with van der Waals surface area (Å²) in [5.41, 5.74) is 21.0. The zero-order valence-corrected chi connectivity index (χ0v) is 39.3. The van der Waals surface area contributed by atoms with Crippen LogP contribution < -0.4 is 9.80 Å². The maximum absolute atomic E-state index is 2.51. The van der Waals surface area contributed by atoms with Gasteiger partial charge in [0.05, 0.1) is 11.1 Å². The van der Waals surface area contributed by atoms with Gasteiger partial charge >= 0.3 is 0 Å². The summed E-state index contributed by atoms with van der Waals surface area (Å²) in [6.07, 6.45) is 0. The van der Waals surface area contributed by atoms with Crippen LogP contribution in [0.3, 0.4) is 0 Å². The summed E-state index contributed by atoms with van der Waals surface area (Å²) in [6.45, 7) is 4.74. The van der Waals surface area contributed by atoms with E-state index in [4.69, 9.17) is 0 Å². The van der Waals surface area contributed by atoms with E-state index in [1.54, 1.807) is 0 Å². The molecule has 2 aliphatic rings. The summed E-state index contributed by atoms with van der Waals surface area (Å²) in [5.74, 6) is 0. The summed E-state index contributed by atoms with van der Waals surface area (Å²) in [7, 11) is 0. The van der Waals surface area contributed by atoms with Crippen molar-refractivity contribution in [1.29, 1.82) is 0 Å². The molecular weight excluding hydrogens is 845 g/mol. The predicted molar refractivity (Wildman–Crippen MR) is 294 cm³/mol. The molecule has 0 aromatic heterocycles. The Morgan fingerprint density at radius 2 is 0.757 bits per heavy atom. The second-order valence-electron chi connectivity index (χ2n) is 19.2. The van der Waals surface area contributed by atoms with Crippen molar-refractivity contribution >= 4 is 44.9 Å². The topological polar surface area (TPSA) is 6.48 Å². The highest BCUT2D eigenvalue weighted by molar-refractivity contribution is 6.11. The number of nitrogens with zero attached hydrogens (tertiary/aromatic N) is 2. The van der Waals surface area contributed by atoms with Crippen molar-refractivity contribution in [3.63, 3.8) is 0 Å². The number of rotatable bonds is 9. The third kappa shape index (κ3) is 6.41. The van der Waals surface area contributed by atoms with E-state index in [1.165, 1.54) is 77.5 Å². The number of hydrogen-bond acceptors (Lipinski definition) is 2. The standard InChI is InChI=1S/C68H50N2/c1-67(2)61-35-21-20-34-58(61)59-42-40-55(45-62(59)67)69(52-29-14-6-15-30-52)56-41-43-60-63(46-56)68(50-25-10-4-11-26-50,51-27-12-5-13-28-51)64-44-49-24-18-19-33-57(49)66(65(60)64)70(53-31-16-7-17-32-53)54-38-36-48(37-39-54)47-22-8-3-9-23-47/h3-46H,1-2H3. The Labute approximate surface area is 411 Å². The van der Waals surface area contributed by atoms with Crippen molar-refractivity contribution in [2.75, 3.05) is 9.80 Å². The summed E-state index contributed by atoms with van der Waals surface area (Å²) in [5, 5.41) is 2.38. The fraction of sp³-hybridized carbons (Fsp3) is 0.0588. The Kier molecular flexibility index (Phi) is 9.78. The van der Waals surface area contributed by atoms with Crippen molar-refractivity contribution in [2.24, 2.45) is 0 Å². The first-order valence-electron chi connectivity index (χ1n) is 24.4. The van der Waals surface area contributed by atoms with Crippen LogP contribution >= 0.6 is 0 Å². The van der Waals surface area contributed by atoms with E-state index in [2.05, 4.69) is 291 Å². The first-order valence-corrected chi connectivity index (χ1v) is 24.4. The maximum Gasteiger partial charge on any atom is 0.0715 e. The summed E-state index contributed by atoms with van der Waals surface area (Å²) in [6, 6.07) is 98.8. The van der Waals surface area contributed by atoms with Gasteiger partial charge in [0.15, 0.2) is 0 Å². The molecule has 11 aromatic rings. The van der Waals surface area contributed by atoms with Gasteiger partial charge in [0.25, 0.3) is 0 Å². The van der Waals surface area contributed by atoms with E-state index < -0.39 is 5.41 Å². The van der Waals surface area contributed by atoms with Crippen LogP contribution in [-0.2, 0) is 10.8 Å². The minimum Gasteiger partial charge on any atom is -0.310 e. The molecule has 70 heavy (non-hydrogen) atoms. The van der Waals surface area contributed by atoms with Crippen LogP contribution in [0.4, 0.5) is 34.1 Å². The molecular formula is C68H50N2. The number of benzene rings is 11. The molecule has 11 aromatic carbocycles. The first-order chi connectivity index (χ1) is 34.5. The van der Waals surface area contributed by atoms with Crippen LogP contribution in [0.1, 0.15) is 47.2 Å². The SMILES string of the molecule is CC1(C)c2ccccc2-c2ccc(N(c3ccccc3)c3ccc4c(c3)C(c3ccccc3)(c3ccccc3)c3cc5ccccc5c(N(c5ccccc5)c5ccc(-c6ccccc6)cc5)c3-4)cc21. The van der Waals surface area contributed by atoms with E-state index in [0.29, 0.717) is 0 Å². The Bertz CT molecular complexity index is 3670. The summed E-state index contributed by atoms with van der Waals surface area (Å²) in [4.78, 5) is 4.96. The molecule has 0 aliphatic heterocycles. The summed E-state index contributed by atoms with van der Waals surface area (Å²) < 4.78 is 0. The molecule has 0 fully saturated rings. The lowest BCUT2D eigenvalue weighted by atomic mass is 9.67. The Hall–Kier alpha value is -8.72. The van der Waals surface area contributed by atoms with E-state index in [-0.39, 0.29) is 5.41 Å². The molecule has 332 valence electrons. The number of hydrogen-bond donors (Lipinski definition) is 0. The average molecular weight is 895 g/mol. The molecule has 2 heteroatoms. The van der Waals surface area contributed by atoms with Gasteiger partial charge in [-0.3, -0.25) is 0 Å². The van der Waals surface area contributed by atoms with Gasteiger partial charge in [-0.15, -0.1) is 0 Å².